The summed E-state index contributed by atoms with van der Waals surface area (Å²) in [6.07, 6.45) is 2.87. The van der Waals surface area contributed by atoms with Gasteiger partial charge in [-0.25, -0.2) is 4.79 Å². The zero-order valence-electron chi connectivity index (χ0n) is 19.6. The average Bonchev–Trinajstić information content (AvgIpc) is 3.39. The molecule has 2 unspecified atom stereocenters. The number of alkyl carbamates (subject to hydrolysis) is 1. The van der Waals surface area contributed by atoms with Gasteiger partial charge in [-0.3, -0.25) is 14.5 Å². The van der Waals surface area contributed by atoms with Crippen LogP contribution in [0.2, 0.25) is 0 Å². The maximum atomic E-state index is 12.6. The molecule has 1 saturated carbocycles. The number of rotatable bonds is 9. The van der Waals surface area contributed by atoms with E-state index in [9.17, 15) is 19.2 Å². The van der Waals surface area contributed by atoms with Crippen LogP contribution in [0.25, 0.3) is 0 Å². The van der Waals surface area contributed by atoms with Crippen molar-refractivity contribution in [3.63, 3.8) is 0 Å². The van der Waals surface area contributed by atoms with Gasteiger partial charge in [-0.2, -0.15) is 0 Å². The Morgan fingerprint density at radius 3 is 2.50 bits per heavy atom. The third kappa shape index (κ3) is 6.95. The van der Waals surface area contributed by atoms with Crippen molar-refractivity contribution in [2.24, 2.45) is 17.8 Å². The summed E-state index contributed by atoms with van der Waals surface area (Å²) in [7, 11) is 0. The van der Waals surface area contributed by atoms with Gasteiger partial charge in [0.25, 0.3) is 0 Å². The zero-order valence-corrected chi connectivity index (χ0v) is 18.6. The Morgan fingerprint density at radius 1 is 1.12 bits per heavy atom. The topological polar surface area (TPSA) is 105 Å². The van der Waals surface area contributed by atoms with Gasteiger partial charge in [0.1, 0.15) is 14.2 Å². The van der Waals surface area contributed by atoms with E-state index in [0.29, 0.717) is 37.5 Å². The van der Waals surface area contributed by atoms with Gasteiger partial charge < -0.3 is 24.5 Å². The quantitative estimate of drug-likeness (QED) is 0.316. The summed E-state index contributed by atoms with van der Waals surface area (Å²) >= 11 is 0. The highest BCUT2D eigenvalue weighted by Crippen LogP contribution is 2.52. The second-order valence-electron chi connectivity index (χ2n) is 8.61. The minimum atomic E-state index is -0.727. The fourth-order valence-electron chi connectivity index (χ4n) is 4.72. The third-order valence-corrected chi connectivity index (χ3v) is 6.56. The van der Waals surface area contributed by atoms with Crippen LogP contribution in [0.4, 0.5) is 4.79 Å². The predicted octanol–water partition coefficient (Wildman–Crippen LogP) is 0.817. The van der Waals surface area contributed by atoms with Crippen LogP contribution < -0.4 is 5.32 Å². The van der Waals surface area contributed by atoms with Gasteiger partial charge in [-0.05, 0) is 30.6 Å². The van der Waals surface area contributed by atoms with Crippen LogP contribution in [-0.2, 0) is 23.9 Å². The van der Waals surface area contributed by atoms with E-state index in [2.05, 4.69) is 17.2 Å². The molecule has 0 spiro atoms. The van der Waals surface area contributed by atoms with Crippen molar-refractivity contribution < 1.29 is 30.0 Å². The number of piperazine rings is 1. The number of carbonyl (C=O) groups is 4. The first kappa shape index (κ1) is 22.6. The molecule has 0 aromatic carbocycles. The molecule has 0 radical (unpaired) electrons. The van der Waals surface area contributed by atoms with E-state index < -0.39 is 18.3 Å². The van der Waals surface area contributed by atoms with E-state index in [1.807, 2.05) is 0 Å². The van der Waals surface area contributed by atoms with Crippen molar-refractivity contribution in [3.05, 3.63) is 0 Å². The lowest BCUT2D eigenvalue weighted by Gasteiger charge is -2.40. The molecular formula is C23H33N3O6. The first-order valence-electron chi connectivity index (χ1n) is 11.9. The van der Waals surface area contributed by atoms with Gasteiger partial charge in [0, 0.05) is 52.4 Å². The van der Waals surface area contributed by atoms with Crippen LogP contribution >= 0.6 is 0 Å². The Bertz CT molecular complexity index is 792. The summed E-state index contributed by atoms with van der Waals surface area (Å²) in [6.45, 7) is 2.95. The highest BCUT2D eigenvalue weighted by molar-refractivity contribution is 5.77. The predicted molar refractivity (Wildman–Crippen MR) is 115 cm³/mol. The Hall–Kier alpha value is -2.60. The molecule has 2 amide bonds. The Balaban J connectivity index is 1.35. The summed E-state index contributed by atoms with van der Waals surface area (Å²) in [4.78, 5) is 50.4. The molecule has 176 valence electrons. The Morgan fingerprint density at radius 2 is 1.84 bits per heavy atom. The van der Waals surface area contributed by atoms with Gasteiger partial charge in [0.15, 0.2) is 0 Å². The number of aldehydes is 1. The van der Waals surface area contributed by atoms with Crippen LogP contribution in [0.1, 0.15) is 40.4 Å². The minimum Gasteiger partial charge on any atom is -0.464 e. The van der Waals surface area contributed by atoms with E-state index in [4.69, 9.17) is 10.8 Å². The molecule has 1 heterocycles. The maximum absolute atomic E-state index is 12.6. The first-order chi connectivity index (χ1) is 15.8. The van der Waals surface area contributed by atoms with Gasteiger partial charge in [0.2, 0.25) is 5.91 Å². The normalized spacial score (nSPS) is 27.4. The first-order valence-corrected chi connectivity index (χ1v) is 11.4. The highest BCUT2D eigenvalue weighted by Gasteiger charge is 2.49. The smallest absolute Gasteiger partial charge is 0.407 e. The number of nitrogens with zero attached hydrogens (tertiary/aromatic N) is 2. The molecule has 4 atom stereocenters. The number of fused-ring (bicyclic) bond motifs is 1. The highest BCUT2D eigenvalue weighted by atomic mass is 16.5. The van der Waals surface area contributed by atoms with Crippen LogP contribution in [0, 0.1) is 29.6 Å². The van der Waals surface area contributed by atoms with E-state index in [1.54, 1.807) is 9.80 Å². The van der Waals surface area contributed by atoms with Gasteiger partial charge in [-0.15, -0.1) is 11.8 Å². The standard InChI is InChI=1S/C23H33N3O6/c1-17(28)31-15-18-14-26(11-10-25(18)12-13-27)22(29)8-9-24-23(30)32-16-21-19-6-4-2-3-5-7-20(19)21/h13,18-21H,4-12,14-16H2,1H3,(H,24,30)/t18?,19-,20+,21?/i13D. The molecule has 1 saturated heterocycles. The maximum Gasteiger partial charge on any atom is 0.407 e. The third-order valence-electron chi connectivity index (χ3n) is 6.56. The molecule has 9 nitrogen and oxygen atoms in total. The lowest BCUT2D eigenvalue weighted by molar-refractivity contribution is -0.144. The van der Waals surface area contributed by atoms with Crippen LogP contribution in [0.3, 0.4) is 0 Å². The molecule has 3 rings (SSSR count). The zero-order chi connectivity index (χ0) is 23.8. The second kappa shape index (κ2) is 11.9. The van der Waals surface area contributed by atoms with Crippen molar-refractivity contribution >= 4 is 24.2 Å². The SMILES string of the molecule is [2H]C(=O)CN1CCN(C(=O)CCNC(=O)OCC2[C@H]3CCC#CCC[C@@H]23)CC1COC(C)=O. The number of amides is 2. The molecule has 1 aliphatic heterocycles. The molecule has 2 fully saturated rings. The molecular weight excluding hydrogens is 414 g/mol. The van der Waals surface area contributed by atoms with Crippen LogP contribution in [0.15, 0.2) is 0 Å². The molecule has 0 aromatic heterocycles. The lowest BCUT2D eigenvalue weighted by Crippen LogP contribution is -2.57. The number of hydrogen-bond acceptors (Lipinski definition) is 7. The number of carbonyl (C=O) groups excluding carboxylic acids is 4. The van der Waals surface area contributed by atoms with Crippen molar-refractivity contribution in [1.82, 2.24) is 15.1 Å². The molecule has 3 aliphatic rings. The van der Waals surface area contributed by atoms with Crippen molar-refractivity contribution in [2.45, 2.75) is 45.1 Å². The second-order valence-corrected chi connectivity index (χ2v) is 8.61. The van der Waals surface area contributed by atoms with E-state index in [1.165, 1.54) is 6.92 Å². The summed E-state index contributed by atoms with van der Waals surface area (Å²) in [5.74, 6) is 7.39. The molecule has 32 heavy (non-hydrogen) atoms. The fraction of sp³-hybridized carbons (Fsp3) is 0.739. The average molecular weight is 449 g/mol. The summed E-state index contributed by atoms with van der Waals surface area (Å²) in [5.41, 5.74) is 0. The largest absolute Gasteiger partial charge is 0.464 e. The van der Waals surface area contributed by atoms with Gasteiger partial charge in [-0.1, -0.05) is 0 Å². The van der Waals surface area contributed by atoms with Crippen LogP contribution in [-0.4, -0.2) is 86.0 Å². The number of ether oxygens (including phenoxy) is 2. The van der Waals surface area contributed by atoms with E-state index in [0.717, 1.165) is 25.7 Å². The van der Waals surface area contributed by atoms with E-state index in [-0.39, 0.29) is 44.6 Å². The molecule has 9 heteroatoms. The Kier molecular flexibility index (Phi) is 8.37. The summed E-state index contributed by atoms with van der Waals surface area (Å²) < 4.78 is 17.6. The molecule has 0 bridgehead atoms. The van der Waals surface area contributed by atoms with Gasteiger partial charge >= 0.3 is 12.1 Å². The lowest BCUT2D eigenvalue weighted by atomic mass is 10.1. The number of hydrogen-bond donors (Lipinski definition) is 1. The number of esters is 1. The molecule has 1 N–H and O–H groups in total. The molecule has 0 aromatic rings. The van der Waals surface area contributed by atoms with Crippen LogP contribution in [0.5, 0.6) is 0 Å². The Labute approximate surface area is 190 Å². The van der Waals surface area contributed by atoms with Crippen molar-refractivity contribution in [3.8, 4) is 11.8 Å². The monoisotopic (exact) mass is 448 g/mol. The number of nitrogens with one attached hydrogen (secondary N) is 1. The van der Waals surface area contributed by atoms with E-state index >= 15 is 0 Å². The fourth-order valence-corrected chi connectivity index (χ4v) is 4.72. The van der Waals surface area contributed by atoms with Gasteiger partial charge in [0.05, 0.1) is 19.2 Å². The van der Waals surface area contributed by atoms with Crippen molar-refractivity contribution in [1.29, 1.82) is 0 Å². The minimum absolute atomic E-state index is 0.0479. The van der Waals surface area contributed by atoms with Crippen molar-refractivity contribution in [2.75, 3.05) is 45.9 Å². The summed E-state index contributed by atoms with van der Waals surface area (Å²) in [5, 5.41) is 2.65. The molecule has 2 aliphatic carbocycles. The summed E-state index contributed by atoms with van der Waals surface area (Å²) in [6, 6.07) is -0.348.